The highest BCUT2D eigenvalue weighted by atomic mass is 32.2. The Morgan fingerprint density at radius 1 is 1.38 bits per heavy atom. The Morgan fingerprint density at radius 3 is 2.15 bits per heavy atom. The van der Waals surface area contributed by atoms with Crippen molar-refractivity contribution >= 4 is 21.9 Å². The highest BCUT2D eigenvalue weighted by Crippen LogP contribution is 2.05. The monoisotopic (exact) mass is 210 g/mol. The van der Waals surface area contributed by atoms with Gasteiger partial charge in [-0.05, 0) is 5.92 Å². The molecular weight excluding hydrogens is 200 g/mol. The van der Waals surface area contributed by atoms with E-state index in [2.05, 4.69) is 0 Å². The normalized spacial score (nSPS) is 13.7. The van der Waals surface area contributed by atoms with Crippen LogP contribution in [0.3, 0.4) is 0 Å². The van der Waals surface area contributed by atoms with Crippen LogP contribution in [0.25, 0.3) is 0 Å². The van der Waals surface area contributed by atoms with Gasteiger partial charge in [-0.15, -0.1) is 0 Å². The van der Waals surface area contributed by atoms with Gasteiger partial charge >= 0.3 is 5.97 Å². The van der Waals surface area contributed by atoms with Gasteiger partial charge in [-0.25, -0.2) is 4.79 Å². The molecule has 0 aromatic carbocycles. The number of carboxylic acids is 1. The number of hydrogen-bond acceptors (Lipinski definition) is 4. The standard InChI is InChI=1S/C6H10O6S/c1-4(3-13(10,11)12)2-5(7)6(8)9/h4H,2-3H2,1H3,(H,8,9)(H,10,11,12). The Kier molecular flexibility index (Phi) is 4.02. The summed E-state index contributed by atoms with van der Waals surface area (Å²) in [6.45, 7) is 1.37. The second kappa shape index (κ2) is 4.33. The van der Waals surface area contributed by atoms with E-state index in [4.69, 9.17) is 9.66 Å². The fourth-order valence-corrected chi connectivity index (χ4v) is 1.66. The van der Waals surface area contributed by atoms with Gasteiger partial charge in [0.05, 0.1) is 5.75 Å². The number of hydrogen-bond donors (Lipinski definition) is 2. The minimum atomic E-state index is -4.14. The quantitative estimate of drug-likeness (QED) is 0.470. The molecule has 0 aliphatic carbocycles. The van der Waals surface area contributed by atoms with E-state index in [1.165, 1.54) is 6.92 Å². The Labute approximate surface area is 75.3 Å². The number of carbonyl (C=O) groups excluding carboxylic acids is 1. The van der Waals surface area contributed by atoms with Crippen LogP contribution in [0.2, 0.25) is 0 Å². The first kappa shape index (κ1) is 12.0. The zero-order chi connectivity index (χ0) is 10.6. The van der Waals surface area contributed by atoms with E-state index in [1.54, 1.807) is 0 Å². The van der Waals surface area contributed by atoms with Crippen molar-refractivity contribution in [3.8, 4) is 0 Å². The lowest BCUT2D eigenvalue weighted by atomic mass is 10.1. The molecule has 0 aromatic heterocycles. The molecule has 6 nitrogen and oxygen atoms in total. The predicted molar refractivity (Wildman–Crippen MR) is 42.8 cm³/mol. The molecular formula is C6H10O6S. The topological polar surface area (TPSA) is 109 Å². The third-order valence-electron chi connectivity index (χ3n) is 1.27. The van der Waals surface area contributed by atoms with E-state index in [9.17, 15) is 18.0 Å². The summed E-state index contributed by atoms with van der Waals surface area (Å²) < 4.78 is 28.9. The minimum Gasteiger partial charge on any atom is -0.476 e. The maximum atomic E-state index is 10.6. The van der Waals surface area contributed by atoms with Crippen LogP contribution < -0.4 is 0 Å². The van der Waals surface area contributed by atoms with E-state index in [0.29, 0.717) is 0 Å². The van der Waals surface area contributed by atoms with Gasteiger partial charge in [0.2, 0.25) is 5.78 Å². The second-order valence-electron chi connectivity index (χ2n) is 2.79. The SMILES string of the molecule is CC(CC(=O)C(=O)O)CS(=O)(=O)O. The molecule has 13 heavy (non-hydrogen) atoms. The Hall–Kier alpha value is -0.950. The lowest BCUT2D eigenvalue weighted by molar-refractivity contribution is -0.149. The van der Waals surface area contributed by atoms with Gasteiger partial charge < -0.3 is 5.11 Å². The molecule has 0 saturated heterocycles. The smallest absolute Gasteiger partial charge is 0.372 e. The molecule has 1 unspecified atom stereocenters. The molecule has 2 N–H and O–H groups in total. The molecule has 0 amide bonds. The Balaban J connectivity index is 4.10. The minimum absolute atomic E-state index is 0.394. The van der Waals surface area contributed by atoms with Gasteiger partial charge in [-0.1, -0.05) is 6.92 Å². The van der Waals surface area contributed by atoms with E-state index < -0.39 is 40.0 Å². The number of rotatable bonds is 5. The van der Waals surface area contributed by atoms with Gasteiger partial charge in [-0.3, -0.25) is 9.35 Å². The molecule has 0 aromatic rings. The molecule has 0 heterocycles. The van der Waals surface area contributed by atoms with Crippen LogP contribution in [0, 0.1) is 5.92 Å². The van der Waals surface area contributed by atoms with Crippen LogP contribution in [0.1, 0.15) is 13.3 Å². The molecule has 0 bridgehead atoms. The third kappa shape index (κ3) is 6.23. The van der Waals surface area contributed by atoms with Gasteiger partial charge in [0.25, 0.3) is 10.1 Å². The van der Waals surface area contributed by atoms with Crippen molar-refractivity contribution in [1.82, 2.24) is 0 Å². The Bertz CT molecular complexity index is 303. The zero-order valence-corrected chi connectivity index (χ0v) is 7.74. The first-order valence-corrected chi connectivity index (χ1v) is 5.04. The van der Waals surface area contributed by atoms with Gasteiger partial charge in [0.15, 0.2) is 0 Å². The van der Waals surface area contributed by atoms with Crippen molar-refractivity contribution in [2.45, 2.75) is 13.3 Å². The molecule has 7 heteroatoms. The van der Waals surface area contributed by atoms with Crippen LogP contribution >= 0.6 is 0 Å². The summed E-state index contributed by atoms with van der Waals surface area (Å²) in [5.74, 6) is -3.96. The first-order valence-electron chi connectivity index (χ1n) is 3.43. The Morgan fingerprint density at radius 2 is 1.85 bits per heavy atom. The zero-order valence-electron chi connectivity index (χ0n) is 6.93. The van der Waals surface area contributed by atoms with Crippen LogP contribution in [-0.4, -0.2) is 35.6 Å². The molecule has 0 radical (unpaired) electrons. The van der Waals surface area contributed by atoms with Gasteiger partial charge in [0, 0.05) is 6.42 Å². The van der Waals surface area contributed by atoms with E-state index in [0.717, 1.165) is 0 Å². The molecule has 0 rings (SSSR count). The van der Waals surface area contributed by atoms with E-state index >= 15 is 0 Å². The predicted octanol–water partition coefficient (Wildman–Crippen LogP) is -0.446. The maximum Gasteiger partial charge on any atom is 0.372 e. The summed E-state index contributed by atoms with van der Waals surface area (Å²) in [5, 5.41) is 8.17. The molecule has 0 fully saturated rings. The summed E-state index contributed by atoms with van der Waals surface area (Å²) >= 11 is 0. The van der Waals surface area contributed by atoms with E-state index in [-0.39, 0.29) is 0 Å². The maximum absolute atomic E-state index is 10.6. The number of carboxylic acid groups (broad SMARTS) is 1. The van der Waals surface area contributed by atoms with Crippen LogP contribution in [0.5, 0.6) is 0 Å². The first-order chi connectivity index (χ1) is 5.72. The lowest BCUT2D eigenvalue weighted by Gasteiger charge is -2.05. The molecule has 0 aliphatic heterocycles. The summed E-state index contributed by atoms with van der Waals surface area (Å²) in [7, 11) is -4.14. The summed E-state index contributed by atoms with van der Waals surface area (Å²) in [4.78, 5) is 20.6. The highest BCUT2D eigenvalue weighted by Gasteiger charge is 2.19. The fraction of sp³-hybridized carbons (Fsp3) is 0.667. The number of ketones is 1. The van der Waals surface area contributed by atoms with Crippen molar-refractivity contribution in [1.29, 1.82) is 0 Å². The van der Waals surface area contributed by atoms with Gasteiger partial charge in [0.1, 0.15) is 0 Å². The second-order valence-corrected chi connectivity index (χ2v) is 4.28. The van der Waals surface area contributed by atoms with Crippen molar-refractivity contribution in [3.05, 3.63) is 0 Å². The van der Waals surface area contributed by atoms with E-state index in [1.807, 2.05) is 0 Å². The third-order valence-corrected chi connectivity index (χ3v) is 2.26. The highest BCUT2D eigenvalue weighted by molar-refractivity contribution is 7.85. The average Bonchev–Trinajstić information content (AvgIpc) is 1.81. The summed E-state index contributed by atoms with van der Waals surface area (Å²) in [6.07, 6.45) is -0.394. The van der Waals surface area contributed by atoms with Crippen molar-refractivity contribution < 1.29 is 27.7 Å². The molecule has 1 atom stereocenters. The van der Waals surface area contributed by atoms with Crippen molar-refractivity contribution in [2.75, 3.05) is 5.75 Å². The molecule has 0 aliphatic rings. The van der Waals surface area contributed by atoms with Crippen LogP contribution in [0.15, 0.2) is 0 Å². The number of Topliss-reactive ketones (excluding diaryl/α,β-unsaturated/α-hetero) is 1. The van der Waals surface area contributed by atoms with Crippen molar-refractivity contribution in [3.63, 3.8) is 0 Å². The van der Waals surface area contributed by atoms with Gasteiger partial charge in [-0.2, -0.15) is 8.42 Å². The number of carbonyl (C=O) groups is 2. The van der Waals surface area contributed by atoms with Crippen LogP contribution in [-0.2, 0) is 19.7 Å². The molecule has 0 saturated carbocycles. The molecule has 0 spiro atoms. The summed E-state index contributed by atoms with van der Waals surface area (Å²) in [6, 6.07) is 0. The molecule has 76 valence electrons. The lowest BCUT2D eigenvalue weighted by Crippen LogP contribution is -2.20. The fourth-order valence-electron chi connectivity index (χ4n) is 0.822. The average molecular weight is 210 g/mol. The van der Waals surface area contributed by atoms with Crippen molar-refractivity contribution in [2.24, 2.45) is 5.92 Å². The summed E-state index contributed by atoms with van der Waals surface area (Å²) in [5.41, 5.74) is 0. The van der Waals surface area contributed by atoms with Crippen LogP contribution in [0.4, 0.5) is 0 Å². The largest absolute Gasteiger partial charge is 0.476 e. The number of aliphatic carboxylic acids is 1.